The average Bonchev–Trinajstić information content (AvgIpc) is 2.30. The first-order valence-electron chi connectivity index (χ1n) is 3.82. The van der Waals surface area contributed by atoms with Crippen LogP contribution in [-0.4, -0.2) is 17.3 Å². The van der Waals surface area contributed by atoms with E-state index in [2.05, 4.69) is 0 Å². The van der Waals surface area contributed by atoms with Crippen molar-refractivity contribution in [3.8, 4) is 0 Å². The van der Waals surface area contributed by atoms with E-state index in [1.165, 1.54) is 13.8 Å². The Labute approximate surface area is 70.4 Å². The van der Waals surface area contributed by atoms with Gasteiger partial charge >= 0.3 is 0 Å². The van der Waals surface area contributed by atoms with Crippen molar-refractivity contribution >= 4 is 17.3 Å². The van der Waals surface area contributed by atoms with Gasteiger partial charge in [-0.15, -0.1) is 0 Å². The molecule has 1 aliphatic carbocycles. The summed E-state index contributed by atoms with van der Waals surface area (Å²) >= 11 is 0. The second kappa shape index (κ2) is 3.01. The maximum atomic E-state index is 11.1. The van der Waals surface area contributed by atoms with Gasteiger partial charge < -0.3 is 0 Å². The number of allylic oxidation sites excluding steroid dienone is 2. The molecule has 0 atom stereocenters. The van der Waals surface area contributed by atoms with Gasteiger partial charge in [0, 0.05) is 12.0 Å². The smallest absolute Gasteiger partial charge is 0.167 e. The molecule has 0 fully saturated rings. The summed E-state index contributed by atoms with van der Waals surface area (Å²) in [6.07, 6.45) is 0.743. The van der Waals surface area contributed by atoms with Crippen molar-refractivity contribution in [2.45, 2.75) is 26.7 Å². The summed E-state index contributed by atoms with van der Waals surface area (Å²) in [4.78, 5) is 33.0. The molecule has 0 N–H and O–H groups in total. The van der Waals surface area contributed by atoms with Crippen LogP contribution in [0.25, 0.3) is 0 Å². The Hall–Kier alpha value is -1.25. The Morgan fingerprint density at radius 2 is 1.67 bits per heavy atom. The SMILES string of the molecule is CC(=O)C1=C(C(C)=O)C(=O)CC1. The maximum absolute atomic E-state index is 11.1. The van der Waals surface area contributed by atoms with E-state index in [0.29, 0.717) is 18.4 Å². The molecule has 0 aromatic heterocycles. The van der Waals surface area contributed by atoms with Crippen LogP contribution < -0.4 is 0 Å². The van der Waals surface area contributed by atoms with Gasteiger partial charge in [-0.2, -0.15) is 0 Å². The van der Waals surface area contributed by atoms with E-state index in [0.717, 1.165) is 0 Å². The van der Waals surface area contributed by atoms with Crippen LogP contribution in [0.2, 0.25) is 0 Å². The third kappa shape index (κ3) is 1.35. The first-order valence-corrected chi connectivity index (χ1v) is 3.82. The van der Waals surface area contributed by atoms with Crippen molar-refractivity contribution in [3.63, 3.8) is 0 Å². The minimum atomic E-state index is -0.289. The van der Waals surface area contributed by atoms with E-state index in [1.807, 2.05) is 0 Å². The summed E-state index contributed by atoms with van der Waals surface area (Å²) in [7, 11) is 0. The standard InChI is InChI=1S/C9H10O3/c1-5(10)7-3-4-8(12)9(7)6(2)11/h3-4H2,1-2H3. The lowest BCUT2D eigenvalue weighted by Gasteiger charge is -1.96. The van der Waals surface area contributed by atoms with Gasteiger partial charge in [-0.25, -0.2) is 0 Å². The van der Waals surface area contributed by atoms with E-state index in [9.17, 15) is 14.4 Å². The summed E-state index contributed by atoms with van der Waals surface area (Å²) in [5.41, 5.74) is 0.537. The highest BCUT2D eigenvalue weighted by Gasteiger charge is 2.28. The highest BCUT2D eigenvalue weighted by atomic mass is 16.2. The molecule has 0 saturated carbocycles. The van der Waals surface area contributed by atoms with Crippen LogP contribution >= 0.6 is 0 Å². The molecule has 3 nitrogen and oxygen atoms in total. The summed E-state index contributed by atoms with van der Waals surface area (Å²) in [5, 5.41) is 0. The summed E-state index contributed by atoms with van der Waals surface area (Å²) in [6.45, 7) is 2.71. The van der Waals surface area contributed by atoms with Crippen molar-refractivity contribution in [2.75, 3.05) is 0 Å². The van der Waals surface area contributed by atoms with Crippen LogP contribution in [0.1, 0.15) is 26.7 Å². The van der Waals surface area contributed by atoms with E-state index in [1.54, 1.807) is 0 Å². The molecule has 0 heterocycles. The fraction of sp³-hybridized carbons (Fsp3) is 0.444. The molecule has 1 aliphatic rings. The van der Waals surface area contributed by atoms with Gasteiger partial charge in [0.15, 0.2) is 17.3 Å². The number of hydrogen-bond acceptors (Lipinski definition) is 3. The molecule has 0 saturated heterocycles. The number of Topliss-reactive ketones (excluding diaryl/α,β-unsaturated/α-hetero) is 3. The molecule has 0 aromatic rings. The minimum absolute atomic E-state index is 0.127. The van der Waals surface area contributed by atoms with E-state index in [4.69, 9.17) is 0 Å². The molecular formula is C9H10O3. The van der Waals surface area contributed by atoms with Crippen molar-refractivity contribution in [1.82, 2.24) is 0 Å². The molecule has 1 rings (SSSR count). The number of hydrogen-bond donors (Lipinski definition) is 0. The zero-order valence-corrected chi connectivity index (χ0v) is 7.14. The van der Waals surface area contributed by atoms with Crippen LogP contribution in [0.3, 0.4) is 0 Å². The molecule has 3 heteroatoms. The second-order valence-electron chi connectivity index (χ2n) is 2.89. The lowest BCUT2D eigenvalue weighted by molar-refractivity contribution is -0.120. The Morgan fingerprint density at radius 1 is 1.08 bits per heavy atom. The van der Waals surface area contributed by atoms with Crippen LogP contribution in [0, 0.1) is 0 Å². The van der Waals surface area contributed by atoms with Gasteiger partial charge in [-0.05, 0) is 20.3 Å². The number of carbonyl (C=O) groups excluding carboxylic acids is 3. The molecule has 0 spiro atoms. The summed E-state index contributed by atoms with van der Waals surface area (Å²) < 4.78 is 0. The molecule has 64 valence electrons. The largest absolute Gasteiger partial charge is 0.295 e. The first kappa shape index (κ1) is 8.84. The number of carbonyl (C=O) groups is 3. The average molecular weight is 166 g/mol. The topological polar surface area (TPSA) is 51.2 Å². The molecular weight excluding hydrogens is 156 g/mol. The van der Waals surface area contributed by atoms with Gasteiger partial charge in [0.05, 0.1) is 5.57 Å². The molecule has 0 aromatic carbocycles. The molecule has 12 heavy (non-hydrogen) atoms. The molecule has 0 aliphatic heterocycles. The zero-order valence-electron chi connectivity index (χ0n) is 7.14. The predicted molar refractivity (Wildman–Crippen MR) is 42.6 cm³/mol. The lowest BCUT2D eigenvalue weighted by Crippen LogP contribution is -2.08. The molecule has 0 amide bonds. The Bertz CT molecular complexity index is 297. The molecule has 0 radical (unpaired) electrons. The van der Waals surface area contributed by atoms with Gasteiger partial charge in [0.1, 0.15) is 0 Å². The summed E-state index contributed by atoms with van der Waals surface area (Å²) in [6, 6.07) is 0. The van der Waals surface area contributed by atoms with E-state index in [-0.39, 0.29) is 22.9 Å². The Morgan fingerprint density at radius 3 is 2.00 bits per heavy atom. The first-order chi connectivity index (χ1) is 5.54. The van der Waals surface area contributed by atoms with E-state index < -0.39 is 0 Å². The lowest BCUT2D eigenvalue weighted by atomic mass is 10.1. The normalized spacial score (nSPS) is 17.0. The van der Waals surface area contributed by atoms with Crippen LogP contribution in [0.4, 0.5) is 0 Å². The van der Waals surface area contributed by atoms with Crippen molar-refractivity contribution in [3.05, 3.63) is 11.1 Å². The third-order valence-corrected chi connectivity index (χ3v) is 1.96. The number of rotatable bonds is 2. The Balaban J connectivity index is 3.15. The van der Waals surface area contributed by atoms with Gasteiger partial charge in [0.25, 0.3) is 0 Å². The van der Waals surface area contributed by atoms with Gasteiger partial charge in [-0.1, -0.05) is 0 Å². The summed E-state index contributed by atoms with van der Waals surface area (Å²) in [5.74, 6) is -0.638. The maximum Gasteiger partial charge on any atom is 0.167 e. The quantitative estimate of drug-likeness (QED) is 0.571. The number of ketones is 3. The van der Waals surface area contributed by atoms with Crippen LogP contribution in [-0.2, 0) is 14.4 Å². The van der Waals surface area contributed by atoms with Gasteiger partial charge in [0.2, 0.25) is 0 Å². The highest BCUT2D eigenvalue weighted by molar-refractivity contribution is 6.25. The van der Waals surface area contributed by atoms with Crippen LogP contribution in [0.15, 0.2) is 11.1 Å². The van der Waals surface area contributed by atoms with Crippen molar-refractivity contribution < 1.29 is 14.4 Å². The highest BCUT2D eigenvalue weighted by Crippen LogP contribution is 2.23. The Kier molecular flexibility index (Phi) is 2.22. The van der Waals surface area contributed by atoms with Crippen molar-refractivity contribution in [2.24, 2.45) is 0 Å². The zero-order chi connectivity index (χ0) is 9.30. The second-order valence-corrected chi connectivity index (χ2v) is 2.89. The fourth-order valence-electron chi connectivity index (χ4n) is 1.42. The molecule has 0 unspecified atom stereocenters. The van der Waals surface area contributed by atoms with Crippen molar-refractivity contribution in [1.29, 1.82) is 0 Å². The predicted octanol–water partition coefficient (Wildman–Crippen LogP) is 0.824. The third-order valence-electron chi connectivity index (χ3n) is 1.96. The monoisotopic (exact) mass is 166 g/mol. The molecule has 0 bridgehead atoms. The fourth-order valence-corrected chi connectivity index (χ4v) is 1.42. The van der Waals surface area contributed by atoms with E-state index >= 15 is 0 Å². The van der Waals surface area contributed by atoms with Crippen LogP contribution in [0.5, 0.6) is 0 Å². The van der Waals surface area contributed by atoms with Gasteiger partial charge in [-0.3, -0.25) is 14.4 Å². The minimum Gasteiger partial charge on any atom is -0.295 e.